The van der Waals surface area contributed by atoms with Crippen LogP contribution in [0.3, 0.4) is 0 Å². The molecule has 2 aromatic carbocycles. The lowest BCUT2D eigenvalue weighted by atomic mass is 10.1. The Bertz CT molecular complexity index is 657. The highest BCUT2D eigenvalue weighted by Gasteiger charge is 2.49. The Morgan fingerprint density at radius 3 is 2.00 bits per heavy atom. The summed E-state index contributed by atoms with van der Waals surface area (Å²) >= 11 is 0. The summed E-state index contributed by atoms with van der Waals surface area (Å²) in [5.41, 5.74) is 2.25. The fourth-order valence-corrected chi connectivity index (χ4v) is 2.27. The van der Waals surface area contributed by atoms with E-state index in [0.717, 1.165) is 0 Å². The number of carbonyl (C=O) groups is 1. The number of nitrogens with one attached hydrogen (secondary N) is 2. The van der Waals surface area contributed by atoms with Gasteiger partial charge in [0.15, 0.2) is 0 Å². The van der Waals surface area contributed by atoms with Crippen molar-refractivity contribution >= 4 is 17.7 Å². The molecule has 1 aliphatic rings. The van der Waals surface area contributed by atoms with Gasteiger partial charge in [0.05, 0.1) is 21.9 Å². The third-order valence-electron chi connectivity index (χ3n) is 3.30. The van der Waals surface area contributed by atoms with Crippen LogP contribution in [0.1, 0.15) is 15.9 Å². The average molecular weight is 269 g/mol. The first kappa shape index (κ1) is 12.2. The molecule has 6 nitrogen and oxygen atoms in total. The van der Waals surface area contributed by atoms with Gasteiger partial charge in [-0.25, -0.2) is 0 Å². The number of nitro groups is 1. The third kappa shape index (κ3) is 1.70. The number of rotatable bonds is 3. The van der Waals surface area contributed by atoms with Crippen molar-refractivity contribution in [3.8, 4) is 0 Å². The Kier molecular flexibility index (Phi) is 2.64. The number of aldehydes is 1. The monoisotopic (exact) mass is 269 g/mol. The standard InChI is InChI=1S/C14H11N3O3/c18-9-10-5-7-11(8-6-10)14(17(19)20)15-12-3-1-2-4-13(12)16-14/h1-9,15-16H. The van der Waals surface area contributed by atoms with Crippen molar-refractivity contribution < 1.29 is 9.72 Å². The highest BCUT2D eigenvalue weighted by molar-refractivity contribution is 5.77. The second-order valence-corrected chi connectivity index (χ2v) is 4.50. The molecule has 1 aliphatic heterocycles. The van der Waals surface area contributed by atoms with Crippen molar-refractivity contribution in [2.24, 2.45) is 0 Å². The molecular weight excluding hydrogens is 258 g/mol. The van der Waals surface area contributed by atoms with Gasteiger partial charge in [-0.1, -0.05) is 24.3 Å². The van der Waals surface area contributed by atoms with Gasteiger partial charge in [0.1, 0.15) is 6.29 Å². The second kappa shape index (κ2) is 4.34. The molecule has 0 atom stereocenters. The summed E-state index contributed by atoms with van der Waals surface area (Å²) in [7, 11) is 0. The van der Waals surface area contributed by atoms with Crippen LogP contribution < -0.4 is 10.6 Å². The molecule has 0 saturated carbocycles. The van der Waals surface area contributed by atoms with Crippen LogP contribution in [0.5, 0.6) is 0 Å². The van der Waals surface area contributed by atoms with Crippen LogP contribution in [0.15, 0.2) is 48.5 Å². The molecule has 0 unspecified atom stereocenters. The van der Waals surface area contributed by atoms with E-state index in [4.69, 9.17) is 0 Å². The average Bonchev–Trinajstić information content (AvgIpc) is 2.88. The minimum atomic E-state index is -1.61. The normalized spacial score (nSPS) is 14.8. The highest BCUT2D eigenvalue weighted by atomic mass is 16.6. The molecule has 100 valence electrons. The maximum atomic E-state index is 11.6. The van der Waals surface area contributed by atoms with Gasteiger partial charge < -0.3 is 0 Å². The molecule has 2 N–H and O–H groups in total. The Morgan fingerprint density at radius 1 is 1.00 bits per heavy atom. The number of fused-ring (bicyclic) bond motifs is 1. The van der Waals surface area contributed by atoms with Crippen LogP contribution in [-0.4, -0.2) is 11.2 Å². The molecule has 0 amide bonds. The van der Waals surface area contributed by atoms with Gasteiger partial charge in [-0.3, -0.25) is 25.5 Å². The Labute approximate surface area is 114 Å². The minimum Gasteiger partial charge on any atom is -0.298 e. The van der Waals surface area contributed by atoms with E-state index in [1.165, 1.54) is 0 Å². The van der Waals surface area contributed by atoms with E-state index in [0.29, 0.717) is 28.8 Å². The quantitative estimate of drug-likeness (QED) is 0.508. The zero-order valence-electron chi connectivity index (χ0n) is 10.4. The maximum Gasteiger partial charge on any atom is 0.400 e. The molecule has 1 heterocycles. The zero-order valence-corrected chi connectivity index (χ0v) is 10.4. The lowest BCUT2D eigenvalue weighted by molar-refractivity contribution is -0.560. The predicted octanol–water partition coefficient (Wildman–Crippen LogP) is 2.42. The van der Waals surface area contributed by atoms with E-state index >= 15 is 0 Å². The van der Waals surface area contributed by atoms with Gasteiger partial charge in [0, 0.05) is 5.56 Å². The maximum absolute atomic E-state index is 11.6. The lowest BCUT2D eigenvalue weighted by Crippen LogP contribution is -2.46. The van der Waals surface area contributed by atoms with E-state index in [1.54, 1.807) is 48.5 Å². The first-order chi connectivity index (χ1) is 9.65. The largest absolute Gasteiger partial charge is 0.400 e. The summed E-state index contributed by atoms with van der Waals surface area (Å²) in [5.74, 6) is -1.61. The SMILES string of the molecule is O=Cc1ccc(C2([N+](=O)[O-])Nc3ccccc3N2)cc1. The molecule has 0 saturated heterocycles. The van der Waals surface area contributed by atoms with Gasteiger partial charge in [-0.15, -0.1) is 0 Å². The molecule has 0 radical (unpaired) electrons. The number of carbonyl (C=O) groups excluding carboxylic acids is 1. The number of hydrogen-bond acceptors (Lipinski definition) is 5. The molecule has 2 aromatic rings. The van der Waals surface area contributed by atoms with Crippen molar-refractivity contribution in [2.75, 3.05) is 10.6 Å². The van der Waals surface area contributed by atoms with Crippen molar-refractivity contribution in [1.29, 1.82) is 0 Å². The van der Waals surface area contributed by atoms with Crippen molar-refractivity contribution in [3.63, 3.8) is 0 Å². The van der Waals surface area contributed by atoms with Gasteiger partial charge in [0.25, 0.3) is 0 Å². The summed E-state index contributed by atoms with van der Waals surface area (Å²) in [6.07, 6.45) is 0.701. The predicted molar refractivity (Wildman–Crippen MR) is 74.2 cm³/mol. The fourth-order valence-electron chi connectivity index (χ4n) is 2.27. The van der Waals surface area contributed by atoms with Crippen LogP contribution in [0, 0.1) is 10.1 Å². The van der Waals surface area contributed by atoms with E-state index in [9.17, 15) is 14.9 Å². The van der Waals surface area contributed by atoms with E-state index < -0.39 is 10.7 Å². The smallest absolute Gasteiger partial charge is 0.298 e. The zero-order chi connectivity index (χ0) is 14.2. The van der Waals surface area contributed by atoms with E-state index in [-0.39, 0.29) is 0 Å². The lowest BCUT2D eigenvalue weighted by Gasteiger charge is -2.21. The molecule has 0 spiro atoms. The van der Waals surface area contributed by atoms with Gasteiger partial charge in [0.2, 0.25) is 0 Å². The Balaban J connectivity index is 2.07. The van der Waals surface area contributed by atoms with Crippen LogP contribution in [0.25, 0.3) is 0 Å². The topological polar surface area (TPSA) is 84.3 Å². The Hall–Kier alpha value is -2.89. The molecule has 3 rings (SSSR count). The van der Waals surface area contributed by atoms with Crippen LogP contribution in [0.4, 0.5) is 11.4 Å². The number of para-hydroxylation sites is 2. The second-order valence-electron chi connectivity index (χ2n) is 4.50. The van der Waals surface area contributed by atoms with Crippen LogP contribution in [-0.2, 0) is 5.79 Å². The molecule has 20 heavy (non-hydrogen) atoms. The number of hydrogen-bond donors (Lipinski definition) is 2. The Morgan fingerprint density at radius 2 is 1.55 bits per heavy atom. The fraction of sp³-hybridized carbons (Fsp3) is 0.0714. The molecule has 0 aromatic heterocycles. The number of anilines is 2. The van der Waals surface area contributed by atoms with Crippen molar-refractivity contribution in [3.05, 3.63) is 69.8 Å². The molecule has 0 bridgehead atoms. The van der Waals surface area contributed by atoms with Crippen molar-refractivity contribution in [2.45, 2.75) is 5.79 Å². The molecule has 0 fully saturated rings. The minimum absolute atomic E-state index is 0.414. The summed E-state index contributed by atoms with van der Waals surface area (Å²) in [5, 5.41) is 17.4. The van der Waals surface area contributed by atoms with Gasteiger partial charge in [-0.2, -0.15) is 0 Å². The first-order valence-corrected chi connectivity index (χ1v) is 6.01. The molecular formula is C14H11N3O3. The molecule has 0 aliphatic carbocycles. The summed E-state index contributed by atoms with van der Waals surface area (Å²) < 4.78 is 0. The highest BCUT2D eigenvalue weighted by Crippen LogP contribution is 2.39. The third-order valence-corrected chi connectivity index (χ3v) is 3.30. The summed E-state index contributed by atoms with van der Waals surface area (Å²) in [4.78, 5) is 21.8. The van der Waals surface area contributed by atoms with Crippen molar-refractivity contribution in [1.82, 2.24) is 0 Å². The molecule has 6 heteroatoms. The van der Waals surface area contributed by atoms with Gasteiger partial charge in [-0.05, 0) is 24.3 Å². The van der Waals surface area contributed by atoms with E-state index in [2.05, 4.69) is 10.6 Å². The van der Waals surface area contributed by atoms with Crippen LogP contribution in [0.2, 0.25) is 0 Å². The van der Waals surface area contributed by atoms with Gasteiger partial charge >= 0.3 is 5.79 Å². The summed E-state index contributed by atoms with van der Waals surface area (Å²) in [6.45, 7) is 0. The van der Waals surface area contributed by atoms with E-state index in [1.807, 2.05) is 0 Å². The number of benzene rings is 2. The number of nitrogens with zero attached hydrogens (tertiary/aromatic N) is 1. The van der Waals surface area contributed by atoms with Crippen LogP contribution >= 0.6 is 0 Å². The summed E-state index contributed by atoms with van der Waals surface area (Å²) in [6, 6.07) is 13.4. The first-order valence-electron chi connectivity index (χ1n) is 6.01.